The summed E-state index contributed by atoms with van der Waals surface area (Å²) in [5.74, 6) is 2.75. The minimum atomic E-state index is -0.0824. The molecule has 0 aliphatic rings. The Morgan fingerprint density at radius 3 is 0.938 bits per heavy atom. The molecule has 4 aromatic heterocycles. The number of rotatable bonds is 17. The molecular formula is C54H42O6S4. The summed E-state index contributed by atoms with van der Waals surface area (Å²) in [6, 6.07) is 46.8. The van der Waals surface area contributed by atoms with E-state index in [1.807, 2.05) is 48.5 Å². The molecule has 0 fully saturated rings. The molecule has 4 heterocycles. The van der Waals surface area contributed by atoms with E-state index in [4.69, 9.17) is 18.9 Å². The van der Waals surface area contributed by atoms with E-state index in [0.717, 1.165) is 63.0 Å². The van der Waals surface area contributed by atoms with Crippen LogP contribution >= 0.6 is 45.3 Å². The van der Waals surface area contributed by atoms with Crippen LogP contribution < -0.4 is 18.9 Å². The van der Waals surface area contributed by atoms with E-state index < -0.39 is 0 Å². The van der Waals surface area contributed by atoms with Gasteiger partial charge in [0.15, 0.2) is 11.6 Å². The van der Waals surface area contributed by atoms with Gasteiger partial charge >= 0.3 is 0 Å². The second kappa shape index (κ2) is 20.6. The Labute approximate surface area is 389 Å². The van der Waals surface area contributed by atoms with Crippen LogP contribution in [0.15, 0.2) is 158 Å². The SMILES string of the molecule is COc1ccc(C(=O)/C=C(/c2ccc(OC)cc2)c2ccc(/C=C/c3ccc(-c4ccc(/C=C/c5ccc(/C(=C\C(=O)c6ccc(OC)cc6)c6ccc(OC)cc6)s5)s4)s3)s2)cc1. The zero-order valence-corrected chi connectivity index (χ0v) is 38.7. The molecule has 10 heteroatoms. The van der Waals surface area contributed by atoms with Crippen LogP contribution in [0.5, 0.6) is 23.0 Å². The maximum Gasteiger partial charge on any atom is 0.186 e. The number of thiophene rings is 4. The van der Waals surface area contributed by atoms with Crippen molar-refractivity contribution in [3.05, 3.63) is 209 Å². The van der Waals surface area contributed by atoms with Crippen molar-refractivity contribution < 1.29 is 28.5 Å². The number of carbonyl (C=O) groups is 2. The van der Waals surface area contributed by atoms with E-state index in [9.17, 15) is 9.59 Å². The van der Waals surface area contributed by atoms with Crippen molar-refractivity contribution in [2.45, 2.75) is 0 Å². The molecule has 0 radical (unpaired) electrons. The Balaban J connectivity index is 0.959. The molecule has 0 atom stereocenters. The predicted octanol–water partition coefficient (Wildman–Crippen LogP) is 14.6. The number of benzene rings is 4. The molecule has 8 aromatic rings. The van der Waals surface area contributed by atoms with Crippen molar-refractivity contribution in [1.82, 2.24) is 0 Å². The van der Waals surface area contributed by atoms with Gasteiger partial charge in [0.2, 0.25) is 0 Å². The monoisotopic (exact) mass is 914 g/mol. The molecule has 6 nitrogen and oxygen atoms in total. The average molecular weight is 915 g/mol. The molecule has 8 rings (SSSR count). The Bertz CT molecular complexity index is 2780. The fraction of sp³-hybridized carbons (Fsp3) is 0.0741. The van der Waals surface area contributed by atoms with Gasteiger partial charge in [0.05, 0.1) is 28.4 Å². The van der Waals surface area contributed by atoms with Gasteiger partial charge in [-0.05, 0) is 169 Å². The first kappa shape index (κ1) is 43.8. The lowest BCUT2D eigenvalue weighted by molar-refractivity contribution is 0.103. The van der Waals surface area contributed by atoms with Crippen LogP contribution in [0.25, 0.3) is 45.2 Å². The third-order valence-corrected chi connectivity index (χ3v) is 14.7. The fourth-order valence-corrected chi connectivity index (χ4v) is 10.5. The standard InChI is InChI=1S/C54H42O6S4/c1-57-39-13-5-35(6-14-39)47(33-49(55)37-9-17-41(59-3)18-10-37)51-29-25-43(61-51)21-23-45-27-31-53(63-45)54-32-28-46(64-54)24-22-44-26-30-52(62-44)48(36-7-15-40(58-2)16-8-36)34-50(56)38-11-19-42(60-4)20-12-38/h5-34H,1-4H3/b23-21+,24-22+,47-33-,48-34-. The summed E-state index contributed by atoms with van der Waals surface area (Å²) in [7, 11) is 6.50. The Morgan fingerprint density at radius 2 is 0.625 bits per heavy atom. The largest absolute Gasteiger partial charge is 0.497 e. The minimum absolute atomic E-state index is 0.0824. The first-order valence-electron chi connectivity index (χ1n) is 20.1. The van der Waals surface area contributed by atoms with E-state index in [-0.39, 0.29) is 11.6 Å². The Kier molecular flexibility index (Phi) is 14.1. The van der Waals surface area contributed by atoms with Gasteiger partial charge in [-0.2, -0.15) is 0 Å². The van der Waals surface area contributed by atoms with Crippen LogP contribution in [0.4, 0.5) is 0 Å². The van der Waals surface area contributed by atoms with Crippen LogP contribution in [-0.2, 0) is 0 Å². The van der Waals surface area contributed by atoms with Crippen LogP contribution in [0.3, 0.4) is 0 Å². The van der Waals surface area contributed by atoms with Crippen molar-refractivity contribution >= 4 is 92.4 Å². The van der Waals surface area contributed by atoms with E-state index in [0.29, 0.717) is 22.6 Å². The molecule has 0 aliphatic carbocycles. The molecule has 0 unspecified atom stereocenters. The van der Waals surface area contributed by atoms with Gasteiger partial charge in [-0.25, -0.2) is 0 Å². The lowest BCUT2D eigenvalue weighted by atomic mass is 10.0. The van der Waals surface area contributed by atoms with Crippen LogP contribution in [0, 0.1) is 0 Å². The molecule has 0 amide bonds. The van der Waals surface area contributed by atoms with Crippen LogP contribution in [0.2, 0.25) is 0 Å². The van der Waals surface area contributed by atoms with Gasteiger partial charge in [-0.1, -0.05) is 24.3 Å². The maximum absolute atomic E-state index is 13.5. The molecule has 318 valence electrons. The van der Waals surface area contributed by atoms with Gasteiger partial charge in [-0.15, -0.1) is 45.3 Å². The number of ether oxygens (including phenoxy) is 4. The third-order valence-electron chi connectivity index (χ3n) is 10.2. The quantitative estimate of drug-likeness (QED) is 0.0669. The third kappa shape index (κ3) is 10.7. The normalized spacial score (nSPS) is 11.9. The van der Waals surface area contributed by atoms with Crippen molar-refractivity contribution in [3.63, 3.8) is 0 Å². The molecule has 64 heavy (non-hydrogen) atoms. The molecule has 0 aliphatic heterocycles. The van der Waals surface area contributed by atoms with Crippen molar-refractivity contribution in [2.75, 3.05) is 28.4 Å². The molecular weight excluding hydrogens is 873 g/mol. The zero-order chi connectivity index (χ0) is 44.4. The highest BCUT2D eigenvalue weighted by molar-refractivity contribution is 7.23. The van der Waals surface area contributed by atoms with E-state index in [1.165, 1.54) is 9.75 Å². The number of hydrogen-bond donors (Lipinski definition) is 0. The fourth-order valence-electron chi connectivity index (χ4n) is 6.73. The number of ketones is 2. The summed E-state index contributed by atoms with van der Waals surface area (Å²) >= 11 is 6.77. The summed E-state index contributed by atoms with van der Waals surface area (Å²) < 4.78 is 21.3. The van der Waals surface area contributed by atoms with Gasteiger partial charge < -0.3 is 18.9 Å². The Hall–Kier alpha value is -6.82. The molecule has 0 N–H and O–H groups in total. The van der Waals surface area contributed by atoms with Crippen molar-refractivity contribution in [2.24, 2.45) is 0 Å². The highest BCUT2D eigenvalue weighted by Crippen LogP contribution is 2.37. The molecule has 0 spiro atoms. The van der Waals surface area contributed by atoms with Crippen LogP contribution in [-0.4, -0.2) is 40.0 Å². The van der Waals surface area contributed by atoms with Crippen molar-refractivity contribution in [1.29, 1.82) is 0 Å². The average Bonchev–Trinajstić information content (AvgIpc) is 4.20. The first-order valence-corrected chi connectivity index (χ1v) is 23.4. The van der Waals surface area contributed by atoms with E-state index in [2.05, 4.69) is 72.8 Å². The van der Waals surface area contributed by atoms with E-state index in [1.54, 1.807) is 134 Å². The molecule has 0 saturated carbocycles. The van der Waals surface area contributed by atoms with Gasteiger partial charge in [-0.3, -0.25) is 9.59 Å². The number of carbonyl (C=O) groups excluding carboxylic acids is 2. The second-order valence-corrected chi connectivity index (χ2v) is 18.7. The van der Waals surface area contributed by atoms with Gasteiger partial charge in [0.1, 0.15) is 23.0 Å². The lowest BCUT2D eigenvalue weighted by Gasteiger charge is -2.08. The van der Waals surface area contributed by atoms with Gasteiger partial charge in [0, 0.05) is 61.3 Å². The van der Waals surface area contributed by atoms with Crippen molar-refractivity contribution in [3.8, 4) is 32.8 Å². The zero-order valence-electron chi connectivity index (χ0n) is 35.4. The minimum Gasteiger partial charge on any atom is -0.497 e. The number of hydrogen-bond acceptors (Lipinski definition) is 10. The molecule has 4 aromatic carbocycles. The summed E-state index contributed by atoms with van der Waals surface area (Å²) in [6.45, 7) is 0. The summed E-state index contributed by atoms with van der Waals surface area (Å²) in [5, 5.41) is 0. The topological polar surface area (TPSA) is 71.1 Å². The highest BCUT2D eigenvalue weighted by atomic mass is 32.1. The van der Waals surface area contributed by atoms with Gasteiger partial charge in [0.25, 0.3) is 0 Å². The Morgan fingerprint density at radius 1 is 0.344 bits per heavy atom. The highest BCUT2D eigenvalue weighted by Gasteiger charge is 2.15. The maximum atomic E-state index is 13.5. The molecule has 0 bridgehead atoms. The lowest BCUT2D eigenvalue weighted by Crippen LogP contribution is -1.97. The summed E-state index contributed by atoms with van der Waals surface area (Å²) in [5.41, 5.74) is 4.74. The second-order valence-electron chi connectivity index (χ2n) is 14.2. The smallest absolute Gasteiger partial charge is 0.186 e. The summed E-state index contributed by atoms with van der Waals surface area (Å²) in [6.07, 6.45) is 12.0. The molecule has 0 saturated heterocycles. The predicted molar refractivity (Wildman–Crippen MR) is 269 cm³/mol. The van der Waals surface area contributed by atoms with Crippen LogP contribution in [0.1, 0.15) is 61.1 Å². The number of methoxy groups -OCH3 is 4. The summed E-state index contributed by atoms with van der Waals surface area (Å²) in [4.78, 5) is 35.8. The van der Waals surface area contributed by atoms with E-state index >= 15 is 0 Å². The number of allylic oxidation sites excluding steroid dienone is 2. The first-order chi connectivity index (χ1) is 31.3.